The average molecular weight is 276 g/mol. The van der Waals surface area contributed by atoms with Crippen molar-refractivity contribution in [1.29, 1.82) is 0 Å². The fourth-order valence-electron chi connectivity index (χ4n) is 1.02. The SMILES string of the molecule is COC(=O)c1cc(Br)cc(NC=O)c1F. The van der Waals surface area contributed by atoms with E-state index in [1.807, 2.05) is 0 Å². The van der Waals surface area contributed by atoms with Gasteiger partial charge in [-0.05, 0) is 12.1 Å². The summed E-state index contributed by atoms with van der Waals surface area (Å²) in [6, 6.07) is 2.62. The summed E-state index contributed by atoms with van der Waals surface area (Å²) in [4.78, 5) is 21.3. The molecule has 4 nitrogen and oxygen atoms in total. The maximum Gasteiger partial charge on any atom is 0.340 e. The van der Waals surface area contributed by atoms with Crippen LogP contribution in [0.2, 0.25) is 0 Å². The highest BCUT2D eigenvalue weighted by atomic mass is 79.9. The lowest BCUT2D eigenvalue weighted by atomic mass is 10.2. The van der Waals surface area contributed by atoms with Gasteiger partial charge in [0.05, 0.1) is 18.4 Å². The number of anilines is 1. The molecule has 1 aromatic rings. The number of ether oxygens (including phenoxy) is 1. The summed E-state index contributed by atoms with van der Waals surface area (Å²) in [5.74, 6) is -1.63. The van der Waals surface area contributed by atoms with Crippen LogP contribution in [0.25, 0.3) is 0 Å². The van der Waals surface area contributed by atoms with Gasteiger partial charge in [-0.1, -0.05) is 15.9 Å². The third kappa shape index (κ3) is 2.53. The average Bonchev–Trinajstić information content (AvgIpc) is 2.22. The zero-order valence-electron chi connectivity index (χ0n) is 7.71. The summed E-state index contributed by atoms with van der Waals surface area (Å²) in [7, 11) is 1.15. The van der Waals surface area contributed by atoms with E-state index >= 15 is 0 Å². The molecule has 0 unspecified atom stereocenters. The summed E-state index contributed by atoms with van der Waals surface area (Å²) >= 11 is 3.08. The summed E-state index contributed by atoms with van der Waals surface area (Å²) < 4.78 is 18.4. The Hall–Kier alpha value is -1.43. The van der Waals surface area contributed by atoms with Crippen molar-refractivity contribution in [3.63, 3.8) is 0 Å². The van der Waals surface area contributed by atoms with E-state index in [-0.39, 0.29) is 11.3 Å². The molecule has 0 saturated carbocycles. The Morgan fingerprint density at radius 2 is 2.27 bits per heavy atom. The minimum atomic E-state index is -0.822. The highest BCUT2D eigenvalue weighted by molar-refractivity contribution is 9.10. The highest BCUT2D eigenvalue weighted by Crippen LogP contribution is 2.24. The Morgan fingerprint density at radius 3 is 2.80 bits per heavy atom. The van der Waals surface area contributed by atoms with Gasteiger partial charge in [0, 0.05) is 4.47 Å². The van der Waals surface area contributed by atoms with Crippen LogP contribution in [0.5, 0.6) is 0 Å². The molecule has 0 saturated heterocycles. The molecule has 1 amide bonds. The van der Waals surface area contributed by atoms with Crippen LogP contribution in [0.3, 0.4) is 0 Å². The molecule has 1 rings (SSSR count). The normalized spacial score (nSPS) is 9.53. The first-order chi connectivity index (χ1) is 7.10. The second kappa shape index (κ2) is 4.88. The second-order valence-electron chi connectivity index (χ2n) is 2.57. The van der Waals surface area contributed by atoms with Gasteiger partial charge in [-0.3, -0.25) is 4.79 Å². The lowest BCUT2D eigenvalue weighted by molar-refractivity contribution is -0.105. The van der Waals surface area contributed by atoms with E-state index in [9.17, 15) is 14.0 Å². The molecule has 80 valence electrons. The van der Waals surface area contributed by atoms with E-state index < -0.39 is 11.8 Å². The molecule has 0 radical (unpaired) electrons. The molecule has 0 aliphatic carbocycles. The number of rotatable bonds is 3. The van der Waals surface area contributed by atoms with Crippen LogP contribution >= 0.6 is 15.9 Å². The zero-order valence-corrected chi connectivity index (χ0v) is 9.30. The molecule has 0 bridgehead atoms. The molecule has 0 aromatic heterocycles. The van der Waals surface area contributed by atoms with Gasteiger partial charge in [0.25, 0.3) is 0 Å². The Balaban J connectivity index is 3.27. The maximum absolute atomic E-state index is 13.5. The van der Waals surface area contributed by atoms with Gasteiger partial charge in [-0.15, -0.1) is 0 Å². The van der Waals surface area contributed by atoms with Crippen molar-refractivity contribution in [2.45, 2.75) is 0 Å². The molecule has 0 atom stereocenters. The van der Waals surface area contributed by atoms with E-state index in [1.165, 1.54) is 12.1 Å². The van der Waals surface area contributed by atoms with Crippen LogP contribution in [0.4, 0.5) is 10.1 Å². The van der Waals surface area contributed by atoms with Crippen LogP contribution in [0.1, 0.15) is 10.4 Å². The number of halogens is 2. The summed E-state index contributed by atoms with van der Waals surface area (Å²) in [5.41, 5.74) is -0.323. The number of esters is 1. The van der Waals surface area contributed by atoms with Gasteiger partial charge >= 0.3 is 5.97 Å². The van der Waals surface area contributed by atoms with Gasteiger partial charge in [-0.25, -0.2) is 9.18 Å². The van der Waals surface area contributed by atoms with Crippen molar-refractivity contribution < 1.29 is 18.7 Å². The largest absolute Gasteiger partial charge is 0.465 e. The monoisotopic (exact) mass is 275 g/mol. The quantitative estimate of drug-likeness (QED) is 0.678. The Kier molecular flexibility index (Phi) is 3.79. The van der Waals surface area contributed by atoms with E-state index in [2.05, 4.69) is 26.0 Å². The van der Waals surface area contributed by atoms with Crippen LogP contribution in [-0.4, -0.2) is 19.5 Å². The third-order valence-electron chi connectivity index (χ3n) is 1.66. The van der Waals surface area contributed by atoms with Crippen LogP contribution in [0, 0.1) is 5.82 Å². The van der Waals surface area contributed by atoms with E-state index in [0.717, 1.165) is 7.11 Å². The zero-order chi connectivity index (χ0) is 11.4. The van der Waals surface area contributed by atoms with Crippen LogP contribution in [0.15, 0.2) is 16.6 Å². The maximum atomic E-state index is 13.5. The predicted octanol–water partition coefficient (Wildman–Crippen LogP) is 1.94. The number of amides is 1. The predicted molar refractivity (Wildman–Crippen MR) is 55.1 cm³/mol. The molecule has 1 N–H and O–H groups in total. The third-order valence-corrected chi connectivity index (χ3v) is 2.11. The second-order valence-corrected chi connectivity index (χ2v) is 3.48. The molecule has 0 aliphatic rings. The molecule has 0 aliphatic heterocycles. The summed E-state index contributed by atoms with van der Waals surface area (Å²) in [5, 5.41) is 2.14. The Morgan fingerprint density at radius 1 is 1.60 bits per heavy atom. The van der Waals surface area contributed by atoms with Gasteiger partial charge in [0.2, 0.25) is 6.41 Å². The smallest absolute Gasteiger partial charge is 0.340 e. The fraction of sp³-hybridized carbons (Fsp3) is 0.111. The van der Waals surface area contributed by atoms with Gasteiger partial charge in [0.1, 0.15) is 0 Å². The van der Waals surface area contributed by atoms with E-state index in [0.29, 0.717) is 10.9 Å². The minimum Gasteiger partial charge on any atom is -0.465 e. The molecule has 6 heteroatoms. The van der Waals surface area contributed by atoms with Crippen molar-refractivity contribution >= 4 is 34.0 Å². The number of nitrogens with one attached hydrogen (secondary N) is 1. The standard InChI is InChI=1S/C9H7BrFNO3/c1-15-9(14)6-2-5(10)3-7(8(6)11)12-4-13/h2-4H,1H3,(H,12,13). The van der Waals surface area contributed by atoms with Crippen molar-refractivity contribution in [2.24, 2.45) is 0 Å². The number of carbonyl (C=O) groups excluding carboxylic acids is 2. The summed E-state index contributed by atoms with van der Waals surface area (Å²) in [6.07, 6.45) is 0.325. The number of carbonyl (C=O) groups is 2. The Bertz CT molecular complexity index is 409. The fourth-order valence-corrected chi connectivity index (χ4v) is 1.47. The van der Waals surface area contributed by atoms with Crippen LogP contribution in [-0.2, 0) is 9.53 Å². The Labute approximate surface area is 93.5 Å². The highest BCUT2D eigenvalue weighted by Gasteiger charge is 2.16. The molecule has 0 fully saturated rings. The van der Waals surface area contributed by atoms with Gasteiger partial charge in [0.15, 0.2) is 5.82 Å². The minimum absolute atomic E-state index is 0.0835. The first-order valence-corrected chi connectivity index (χ1v) is 4.67. The molecule has 1 aromatic carbocycles. The lowest BCUT2D eigenvalue weighted by Gasteiger charge is -2.06. The number of hydrogen-bond acceptors (Lipinski definition) is 3. The lowest BCUT2D eigenvalue weighted by Crippen LogP contribution is -2.07. The molecular weight excluding hydrogens is 269 g/mol. The van der Waals surface area contributed by atoms with E-state index in [1.54, 1.807) is 0 Å². The number of hydrogen-bond donors (Lipinski definition) is 1. The molecule has 0 spiro atoms. The topological polar surface area (TPSA) is 55.4 Å². The first-order valence-electron chi connectivity index (χ1n) is 3.87. The molecule has 15 heavy (non-hydrogen) atoms. The number of methoxy groups -OCH3 is 1. The van der Waals surface area contributed by atoms with Crippen molar-refractivity contribution in [3.8, 4) is 0 Å². The van der Waals surface area contributed by atoms with Crippen molar-refractivity contribution in [1.82, 2.24) is 0 Å². The number of benzene rings is 1. The molecular formula is C9H7BrFNO3. The van der Waals surface area contributed by atoms with Gasteiger partial charge in [-0.2, -0.15) is 0 Å². The van der Waals surface area contributed by atoms with E-state index in [4.69, 9.17) is 0 Å². The van der Waals surface area contributed by atoms with Crippen molar-refractivity contribution in [2.75, 3.05) is 12.4 Å². The summed E-state index contributed by atoms with van der Waals surface area (Å²) in [6.45, 7) is 0. The van der Waals surface area contributed by atoms with Gasteiger partial charge < -0.3 is 10.1 Å². The van der Waals surface area contributed by atoms with Crippen molar-refractivity contribution in [3.05, 3.63) is 28.0 Å². The molecule has 0 heterocycles. The van der Waals surface area contributed by atoms with Crippen LogP contribution < -0.4 is 5.32 Å². The first kappa shape index (κ1) is 11.6.